The second kappa shape index (κ2) is 7.09. The summed E-state index contributed by atoms with van der Waals surface area (Å²) >= 11 is 1.59. The van der Waals surface area contributed by atoms with E-state index in [1.807, 2.05) is 18.2 Å². The summed E-state index contributed by atoms with van der Waals surface area (Å²) in [7, 11) is 0. The highest BCUT2D eigenvalue weighted by Gasteiger charge is 2.14. The first-order valence-electron chi connectivity index (χ1n) is 9.03. The van der Waals surface area contributed by atoms with Gasteiger partial charge in [0.15, 0.2) is 16.6 Å². The predicted octanol–water partition coefficient (Wildman–Crippen LogP) is 3.69. The van der Waals surface area contributed by atoms with E-state index in [9.17, 15) is 0 Å². The van der Waals surface area contributed by atoms with Crippen LogP contribution in [-0.4, -0.2) is 38.0 Å². The Morgan fingerprint density at radius 2 is 1.81 bits per heavy atom. The molecule has 0 bridgehead atoms. The number of aromatic nitrogens is 1. The second-order valence-electron chi connectivity index (χ2n) is 6.51. The van der Waals surface area contributed by atoms with Crippen molar-refractivity contribution in [3.8, 4) is 22.8 Å². The lowest BCUT2D eigenvalue weighted by Crippen LogP contribution is -2.43. The molecular weight excluding hydrogens is 360 g/mol. The Hall–Kier alpha value is -2.77. The predicted molar refractivity (Wildman–Crippen MR) is 108 cm³/mol. The van der Waals surface area contributed by atoms with Crippen LogP contribution in [0.25, 0.3) is 11.3 Å². The molecule has 0 aliphatic carbocycles. The largest absolute Gasteiger partial charge is 0.454 e. The molecule has 7 heteroatoms. The van der Waals surface area contributed by atoms with E-state index >= 15 is 0 Å². The Morgan fingerprint density at radius 3 is 2.67 bits per heavy atom. The summed E-state index contributed by atoms with van der Waals surface area (Å²) < 4.78 is 10.8. The van der Waals surface area contributed by atoms with Crippen LogP contribution < -0.4 is 25.0 Å². The quantitative estimate of drug-likeness (QED) is 0.720. The van der Waals surface area contributed by atoms with Crippen LogP contribution in [0.4, 0.5) is 16.5 Å². The SMILES string of the molecule is c1cc2c(cc1Nc1nc(-c3ccc(N4CCNCC4)cc3)cs1)OCO2. The summed E-state index contributed by atoms with van der Waals surface area (Å²) in [4.78, 5) is 7.13. The zero-order valence-electron chi connectivity index (χ0n) is 14.8. The summed E-state index contributed by atoms with van der Waals surface area (Å²) in [6.45, 7) is 4.48. The van der Waals surface area contributed by atoms with Crippen LogP contribution in [0.3, 0.4) is 0 Å². The minimum atomic E-state index is 0.282. The van der Waals surface area contributed by atoms with Gasteiger partial charge in [0.25, 0.3) is 0 Å². The van der Waals surface area contributed by atoms with Crippen molar-refractivity contribution in [2.24, 2.45) is 0 Å². The number of nitrogens with one attached hydrogen (secondary N) is 2. The van der Waals surface area contributed by atoms with Crippen molar-refractivity contribution >= 4 is 27.8 Å². The van der Waals surface area contributed by atoms with Crippen molar-refractivity contribution in [1.82, 2.24) is 10.3 Å². The highest BCUT2D eigenvalue weighted by Crippen LogP contribution is 2.36. The van der Waals surface area contributed by atoms with Gasteiger partial charge in [-0.15, -0.1) is 11.3 Å². The zero-order valence-corrected chi connectivity index (χ0v) is 15.6. The van der Waals surface area contributed by atoms with Crippen molar-refractivity contribution in [1.29, 1.82) is 0 Å². The zero-order chi connectivity index (χ0) is 18.1. The smallest absolute Gasteiger partial charge is 0.231 e. The Kier molecular flexibility index (Phi) is 4.31. The normalized spacial score (nSPS) is 15.8. The molecular formula is C20H20N4O2S. The number of anilines is 3. The molecule has 2 aliphatic rings. The molecule has 138 valence electrons. The van der Waals surface area contributed by atoms with Gasteiger partial charge in [-0.2, -0.15) is 0 Å². The minimum absolute atomic E-state index is 0.282. The van der Waals surface area contributed by atoms with Gasteiger partial charge in [0.05, 0.1) is 5.69 Å². The molecule has 2 aliphatic heterocycles. The summed E-state index contributed by atoms with van der Waals surface area (Å²) in [5.41, 5.74) is 4.32. The van der Waals surface area contributed by atoms with Crippen LogP contribution in [0.15, 0.2) is 47.8 Å². The van der Waals surface area contributed by atoms with Gasteiger partial charge in [0.1, 0.15) is 0 Å². The van der Waals surface area contributed by atoms with Crippen molar-refractivity contribution < 1.29 is 9.47 Å². The van der Waals surface area contributed by atoms with Crippen LogP contribution in [-0.2, 0) is 0 Å². The van der Waals surface area contributed by atoms with E-state index in [2.05, 4.69) is 45.2 Å². The molecule has 2 aromatic carbocycles. The van der Waals surface area contributed by atoms with E-state index in [1.54, 1.807) is 11.3 Å². The maximum absolute atomic E-state index is 5.43. The molecule has 1 saturated heterocycles. The van der Waals surface area contributed by atoms with E-state index in [4.69, 9.17) is 14.5 Å². The Balaban J connectivity index is 1.30. The van der Waals surface area contributed by atoms with E-state index in [0.717, 1.165) is 59.8 Å². The molecule has 0 saturated carbocycles. The minimum Gasteiger partial charge on any atom is -0.454 e. The van der Waals surface area contributed by atoms with E-state index in [-0.39, 0.29) is 6.79 Å². The van der Waals surface area contributed by atoms with Crippen molar-refractivity contribution in [3.05, 3.63) is 47.8 Å². The van der Waals surface area contributed by atoms with Crippen LogP contribution in [0.1, 0.15) is 0 Å². The van der Waals surface area contributed by atoms with Crippen molar-refractivity contribution in [2.75, 3.05) is 43.2 Å². The third-order valence-electron chi connectivity index (χ3n) is 4.77. The lowest BCUT2D eigenvalue weighted by molar-refractivity contribution is 0.174. The van der Waals surface area contributed by atoms with Gasteiger partial charge in [0, 0.05) is 54.6 Å². The third-order valence-corrected chi connectivity index (χ3v) is 5.53. The average molecular weight is 380 g/mol. The van der Waals surface area contributed by atoms with Gasteiger partial charge < -0.3 is 25.0 Å². The van der Waals surface area contributed by atoms with Crippen LogP contribution in [0, 0.1) is 0 Å². The monoisotopic (exact) mass is 380 g/mol. The first kappa shape index (κ1) is 16.4. The standard InChI is InChI=1S/C20H20N4O2S/c1-4-16(24-9-7-21-8-10-24)5-2-14(1)17-12-27-20(23-17)22-15-3-6-18-19(11-15)26-13-25-18/h1-6,11-12,21H,7-10,13H2,(H,22,23). The van der Waals surface area contributed by atoms with Gasteiger partial charge in [-0.05, 0) is 24.3 Å². The number of fused-ring (bicyclic) bond motifs is 1. The fraction of sp³-hybridized carbons (Fsp3) is 0.250. The molecule has 3 aromatic rings. The molecule has 6 nitrogen and oxygen atoms in total. The topological polar surface area (TPSA) is 58.7 Å². The summed E-state index contributed by atoms with van der Waals surface area (Å²) in [6, 6.07) is 14.5. The van der Waals surface area contributed by atoms with Crippen molar-refractivity contribution in [3.63, 3.8) is 0 Å². The van der Waals surface area contributed by atoms with Gasteiger partial charge in [0.2, 0.25) is 6.79 Å². The van der Waals surface area contributed by atoms with Crippen LogP contribution in [0.2, 0.25) is 0 Å². The maximum Gasteiger partial charge on any atom is 0.231 e. The molecule has 0 unspecified atom stereocenters. The first-order chi connectivity index (χ1) is 13.3. The maximum atomic E-state index is 5.43. The summed E-state index contributed by atoms with van der Waals surface area (Å²) in [5, 5.41) is 9.66. The number of rotatable bonds is 4. The molecule has 5 rings (SSSR count). The van der Waals surface area contributed by atoms with Crippen LogP contribution in [0.5, 0.6) is 11.5 Å². The number of thiazole rings is 1. The lowest BCUT2D eigenvalue weighted by atomic mass is 10.1. The van der Waals surface area contributed by atoms with E-state index < -0.39 is 0 Å². The molecule has 3 heterocycles. The van der Waals surface area contributed by atoms with E-state index in [1.165, 1.54) is 5.69 Å². The summed E-state index contributed by atoms with van der Waals surface area (Å²) in [6.07, 6.45) is 0. The molecule has 0 atom stereocenters. The highest BCUT2D eigenvalue weighted by atomic mass is 32.1. The molecule has 0 spiro atoms. The number of benzene rings is 2. The van der Waals surface area contributed by atoms with Crippen LogP contribution >= 0.6 is 11.3 Å². The Morgan fingerprint density at radius 1 is 1.00 bits per heavy atom. The fourth-order valence-electron chi connectivity index (χ4n) is 3.33. The van der Waals surface area contributed by atoms with Gasteiger partial charge in [-0.3, -0.25) is 0 Å². The number of piperazine rings is 1. The lowest BCUT2D eigenvalue weighted by Gasteiger charge is -2.29. The second-order valence-corrected chi connectivity index (χ2v) is 7.37. The molecule has 0 amide bonds. The number of ether oxygens (including phenoxy) is 2. The Labute approximate surface area is 161 Å². The molecule has 1 fully saturated rings. The molecule has 1 aromatic heterocycles. The first-order valence-corrected chi connectivity index (χ1v) is 9.91. The number of hydrogen-bond donors (Lipinski definition) is 2. The highest BCUT2D eigenvalue weighted by molar-refractivity contribution is 7.14. The van der Waals surface area contributed by atoms with Crippen molar-refractivity contribution in [2.45, 2.75) is 0 Å². The Bertz CT molecular complexity index is 935. The average Bonchev–Trinajstić information content (AvgIpc) is 3.38. The number of nitrogens with zero attached hydrogens (tertiary/aromatic N) is 2. The molecule has 27 heavy (non-hydrogen) atoms. The van der Waals surface area contributed by atoms with Gasteiger partial charge >= 0.3 is 0 Å². The summed E-state index contributed by atoms with van der Waals surface area (Å²) in [5.74, 6) is 1.55. The van der Waals surface area contributed by atoms with Gasteiger partial charge in [-0.25, -0.2) is 4.98 Å². The van der Waals surface area contributed by atoms with E-state index in [0.29, 0.717) is 0 Å². The molecule has 2 N–H and O–H groups in total. The fourth-order valence-corrected chi connectivity index (χ4v) is 4.07. The number of hydrogen-bond acceptors (Lipinski definition) is 7. The van der Waals surface area contributed by atoms with Gasteiger partial charge in [-0.1, -0.05) is 12.1 Å². The molecule has 0 radical (unpaired) electrons. The third kappa shape index (κ3) is 3.43.